The molecule has 39 heavy (non-hydrogen) atoms. The molecule has 1 heterocycles. The third kappa shape index (κ3) is 11.6. The van der Waals surface area contributed by atoms with Crippen LogP contribution in [0, 0.1) is 5.92 Å². The fraction of sp³-hybridized carbons (Fsp3) is 0.731. The Morgan fingerprint density at radius 3 is 2.33 bits per heavy atom. The van der Waals surface area contributed by atoms with E-state index in [1.54, 1.807) is 0 Å². The number of rotatable bonds is 12. The molecule has 0 aliphatic carbocycles. The number of carbonyl (C=O) groups excluding carboxylic acids is 1. The lowest BCUT2D eigenvalue weighted by molar-refractivity contribution is -0.271. The average Bonchev–Trinajstić information content (AvgIpc) is 2.84. The van der Waals surface area contributed by atoms with Crippen molar-refractivity contribution in [2.45, 2.75) is 86.9 Å². The van der Waals surface area contributed by atoms with Crippen molar-refractivity contribution >= 4 is 49.2 Å². The molecule has 9 nitrogen and oxygen atoms in total. The van der Waals surface area contributed by atoms with Crippen molar-refractivity contribution in [2.75, 3.05) is 26.4 Å². The van der Waals surface area contributed by atoms with E-state index >= 15 is 0 Å². The molecule has 0 saturated carbocycles. The number of aliphatic hydroxyl groups excluding tert-OH is 2. The first kappa shape index (κ1) is 34.5. The first-order valence-electron chi connectivity index (χ1n) is 12.9. The number of aliphatic hydroxyl groups is 2. The fourth-order valence-electron chi connectivity index (χ4n) is 3.46. The van der Waals surface area contributed by atoms with Gasteiger partial charge < -0.3 is 38.9 Å². The lowest BCUT2D eigenvalue weighted by Crippen LogP contribution is -2.65. The van der Waals surface area contributed by atoms with Gasteiger partial charge in [0.2, 0.25) is 3.79 Å². The van der Waals surface area contributed by atoms with Crippen LogP contribution < -0.4 is 5.32 Å². The highest BCUT2D eigenvalue weighted by Gasteiger charge is 2.47. The van der Waals surface area contributed by atoms with Crippen LogP contribution >= 0.6 is 34.8 Å². The topological polar surface area (TPSA) is 116 Å². The first-order valence-corrected chi connectivity index (χ1v) is 16.9. The van der Waals surface area contributed by atoms with E-state index in [2.05, 4.69) is 39.2 Å². The molecule has 1 saturated heterocycles. The summed E-state index contributed by atoms with van der Waals surface area (Å²) in [5.74, 6) is -0.0415. The van der Waals surface area contributed by atoms with E-state index in [1.807, 2.05) is 37.3 Å². The Kier molecular flexibility index (Phi) is 13.3. The number of ether oxygens (including phenoxy) is 4. The highest BCUT2D eigenvalue weighted by Crippen LogP contribution is 2.37. The molecule has 0 radical (unpaired) electrons. The molecule has 6 atom stereocenters. The molecule has 1 aliphatic rings. The van der Waals surface area contributed by atoms with Crippen LogP contribution in [0.4, 0.5) is 4.79 Å². The Hall–Kier alpha value is -0.663. The monoisotopic (exact) mass is 629 g/mol. The normalized spacial score (nSPS) is 25.3. The second-order valence-electron chi connectivity index (χ2n) is 11.4. The smallest absolute Gasteiger partial charge is 0.407 e. The van der Waals surface area contributed by atoms with Gasteiger partial charge in [-0.25, -0.2) is 4.79 Å². The Balaban J connectivity index is 2.04. The third-order valence-corrected chi connectivity index (χ3v) is 11.7. The molecule has 1 amide bonds. The standard InChI is InChI=1S/C26H42Cl3NO8Si/c1-17(12-34-14-18-10-8-7-9-11-18)13-35-23-20(30-24(33)36-16-26(27,28)29)22(32)21(31)19(38-23)15-37-39(5,6)25(2,3)4/h7-11,17,19-23,31-32H,12-16H2,1-6H3,(H,30,33)/t17?,19?,20?,21-,22+,23+/m0/s1. The molecular weight excluding hydrogens is 589 g/mol. The van der Waals surface area contributed by atoms with Crippen molar-refractivity contribution in [2.24, 2.45) is 5.92 Å². The maximum Gasteiger partial charge on any atom is 0.407 e. The summed E-state index contributed by atoms with van der Waals surface area (Å²) in [4.78, 5) is 12.4. The van der Waals surface area contributed by atoms with Gasteiger partial charge >= 0.3 is 6.09 Å². The summed E-state index contributed by atoms with van der Waals surface area (Å²) in [6, 6.07) is 8.63. The Morgan fingerprint density at radius 1 is 1.10 bits per heavy atom. The molecule has 0 spiro atoms. The highest BCUT2D eigenvalue weighted by atomic mass is 35.6. The van der Waals surface area contributed by atoms with Crippen LogP contribution in [0.2, 0.25) is 18.1 Å². The van der Waals surface area contributed by atoms with Gasteiger partial charge in [-0.05, 0) is 23.7 Å². The Bertz CT molecular complexity index is 884. The van der Waals surface area contributed by atoms with Gasteiger partial charge in [0, 0.05) is 5.92 Å². The molecule has 0 bridgehead atoms. The van der Waals surface area contributed by atoms with E-state index in [1.165, 1.54) is 0 Å². The van der Waals surface area contributed by atoms with Crippen LogP contribution in [0.15, 0.2) is 30.3 Å². The zero-order chi connectivity index (χ0) is 29.4. The fourth-order valence-corrected chi connectivity index (χ4v) is 4.63. The second-order valence-corrected chi connectivity index (χ2v) is 18.7. The zero-order valence-electron chi connectivity index (χ0n) is 23.4. The van der Waals surface area contributed by atoms with Gasteiger partial charge in [-0.2, -0.15) is 0 Å². The Morgan fingerprint density at radius 2 is 1.74 bits per heavy atom. The predicted octanol–water partition coefficient (Wildman–Crippen LogP) is 4.79. The summed E-state index contributed by atoms with van der Waals surface area (Å²) >= 11 is 17.0. The van der Waals surface area contributed by atoms with Crippen LogP contribution in [0.5, 0.6) is 0 Å². The lowest BCUT2D eigenvalue weighted by Gasteiger charge is -2.44. The molecule has 0 aromatic heterocycles. The van der Waals surface area contributed by atoms with Crippen molar-refractivity contribution in [3.05, 3.63) is 35.9 Å². The van der Waals surface area contributed by atoms with Gasteiger partial charge in [0.25, 0.3) is 0 Å². The number of hydrogen-bond acceptors (Lipinski definition) is 8. The summed E-state index contributed by atoms with van der Waals surface area (Å²) < 4.78 is 27.2. The van der Waals surface area contributed by atoms with Crippen molar-refractivity contribution in [3.8, 4) is 0 Å². The number of carbonyl (C=O) groups is 1. The maximum absolute atomic E-state index is 12.4. The first-order chi connectivity index (χ1) is 18.0. The van der Waals surface area contributed by atoms with E-state index in [-0.39, 0.29) is 24.2 Å². The number of hydrogen-bond donors (Lipinski definition) is 3. The molecular formula is C26H42Cl3NO8Si. The summed E-state index contributed by atoms with van der Waals surface area (Å²) in [6.45, 7) is 13.0. The molecule has 1 aromatic rings. The molecule has 1 fully saturated rings. The molecule has 2 rings (SSSR count). The molecule has 3 N–H and O–H groups in total. The maximum atomic E-state index is 12.4. The predicted molar refractivity (Wildman–Crippen MR) is 154 cm³/mol. The largest absolute Gasteiger partial charge is 0.445 e. The third-order valence-electron chi connectivity index (χ3n) is 6.83. The SMILES string of the molecule is CC(COCc1ccccc1)CO[C@@H]1OC(CO[Si](C)(C)C(C)(C)C)[C@H](O)[C@H](O)C1NC(=O)OCC(Cl)(Cl)Cl. The quantitative estimate of drug-likeness (QED) is 0.223. The number of nitrogens with one attached hydrogen (secondary N) is 1. The van der Waals surface area contributed by atoms with Crippen LogP contribution in [-0.2, 0) is 30.0 Å². The van der Waals surface area contributed by atoms with Crippen molar-refractivity contribution in [3.63, 3.8) is 0 Å². The number of amides is 1. The minimum absolute atomic E-state index is 0.0415. The number of halogens is 3. The van der Waals surface area contributed by atoms with E-state index in [9.17, 15) is 15.0 Å². The summed E-state index contributed by atoms with van der Waals surface area (Å²) in [6.07, 6.45) is -5.78. The van der Waals surface area contributed by atoms with E-state index in [0.29, 0.717) is 13.2 Å². The molecule has 13 heteroatoms. The minimum Gasteiger partial charge on any atom is -0.445 e. The number of alkyl halides is 3. The summed E-state index contributed by atoms with van der Waals surface area (Å²) in [7, 11) is -2.17. The van der Waals surface area contributed by atoms with Crippen LogP contribution in [0.1, 0.15) is 33.3 Å². The zero-order valence-corrected chi connectivity index (χ0v) is 26.6. The number of benzene rings is 1. The van der Waals surface area contributed by atoms with Crippen LogP contribution in [0.3, 0.4) is 0 Å². The van der Waals surface area contributed by atoms with Gasteiger partial charge in [-0.15, -0.1) is 0 Å². The highest BCUT2D eigenvalue weighted by molar-refractivity contribution is 6.74. The minimum atomic E-state index is -2.17. The number of alkyl carbamates (subject to hydrolysis) is 1. The molecule has 224 valence electrons. The second kappa shape index (κ2) is 15.0. The van der Waals surface area contributed by atoms with E-state index < -0.39 is 55.5 Å². The van der Waals surface area contributed by atoms with Crippen LogP contribution in [-0.4, -0.2) is 85.5 Å². The molecule has 1 aromatic carbocycles. The van der Waals surface area contributed by atoms with E-state index in [0.717, 1.165) is 5.56 Å². The van der Waals surface area contributed by atoms with E-state index in [4.69, 9.17) is 58.2 Å². The van der Waals surface area contributed by atoms with Gasteiger partial charge in [0.05, 0.1) is 26.4 Å². The van der Waals surface area contributed by atoms with Crippen molar-refractivity contribution < 1.29 is 38.4 Å². The van der Waals surface area contributed by atoms with Crippen molar-refractivity contribution in [1.29, 1.82) is 0 Å². The lowest BCUT2D eigenvalue weighted by atomic mass is 9.97. The van der Waals surface area contributed by atoms with Gasteiger partial charge in [-0.3, -0.25) is 0 Å². The van der Waals surface area contributed by atoms with Gasteiger partial charge in [0.1, 0.15) is 31.0 Å². The van der Waals surface area contributed by atoms with Crippen molar-refractivity contribution in [1.82, 2.24) is 5.32 Å². The molecule has 1 aliphatic heterocycles. The van der Waals surface area contributed by atoms with Gasteiger partial charge in [0.15, 0.2) is 14.6 Å². The van der Waals surface area contributed by atoms with Gasteiger partial charge in [-0.1, -0.05) is 92.8 Å². The Labute approximate surface area is 247 Å². The molecule has 3 unspecified atom stereocenters. The summed E-state index contributed by atoms with van der Waals surface area (Å²) in [5.41, 5.74) is 1.06. The summed E-state index contributed by atoms with van der Waals surface area (Å²) in [5, 5.41) is 24.2. The average molecular weight is 631 g/mol. The van der Waals surface area contributed by atoms with Crippen LogP contribution in [0.25, 0.3) is 0 Å².